The Morgan fingerprint density at radius 2 is 1.52 bits per heavy atom. The molecular formula is C12H8ClN2NaO4S. The minimum absolute atomic E-state index is 0. The predicted octanol–water partition coefficient (Wildman–Crippen LogP) is 0.0797. The summed E-state index contributed by atoms with van der Waals surface area (Å²) in [6.07, 6.45) is 0. The molecule has 0 aliphatic heterocycles. The van der Waals surface area contributed by atoms with Gasteiger partial charge in [0.15, 0.2) is 0 Å². The van der Waals surface area contributed by atoms with Crippen LogP contribution in [0.1, 0.15) is 0 Å². The Balaban J connectivity index is 0.00000220. The molecule has 0 saturated carbocycles. The third-order valence-corrected chi connectivity index (χ3v) is 3.49. The zero-order chi connectivity index (χ0) is 14.8. The summed E-state index contributed by atoms with van der Waals surface area (Å²) in [6, 6.07) is 9.30. The third kappa shape index (κ3) is 5.06. The van der Waals surface area contributed by atoms with Crippen molar-refractivity contribution in [3.05, 3.63) is 47.5 Å². The molecule has 0 aliphatic rings. The van der Waals surface area contributed by atoms with E-state index in [0.29, 0.717) is 11.4 Å². The SMILES string of the molecule is O=S(=O)(O)c1ccc(N=Nc2ccc([O-])c(Cl)c2)cc1.[Na+]. The maximum atomic E-state index is 11.1. The Morgan fingerprint density at radius 1 is 1.00 bits per heavy atom. The van der Waals surface area contributed by atoms with Crippen LogP contribution in [0.2, 0.25) is 5.02 Å². The second kappa shape index (κ2) is 7.35. The maximum Gasteiger partial charge on any atom is 1.00 e. The first-order valence-electron chi connectivity index (χ1n) is 5.32. The van der Waals surface area contributed by atoms with Crippen molar-refractivity contribution in [1.82, 2.24) is 0 Å². The fourth-order valence-electron chi connectivity index (χ4n) is 1.35. The summed E-state index contributed by atoms with van der Waals surface area (Å²) < 4.78 is 30.5. The summed E-state index contributed by atoms with van der Waals surface area (Å²) >= 11 is 5.66. The van der Waals surface area contributed by atoms with Crippen molar-refractivity contribution in [2.45, 2.75) is 4.90 Å². The monoisotopic (exact) mass is 334 g/mol. The average Bonchev–Trinajstić information content (AvgIpc) is 2.40. The number of rotatable bonds is 3. The molecule has 1 N–H and O–H groups in total. The molecule has 0 aliphatic carbocycles. The zero-order valence-electron chi connectivity index (χ0n) is 10.9. The normalized spacial score (nSPS) is 11.3. The molecule has 2 aromatic rings. The summed E-state index contributed by atoms with van der Waals surface area (Å²) in [5, 5.41) is 18.9. The molecule has 0 amide bonds. The van der Waals surface area contributed by atoms with E-state index in [1.165, 1.54) is 42.5 Å². The van der Waals surface area contributed by atoms with Crippen LogP contribution in [0.3, 0.4) is 0 Å². The molecular weight excluding hydrogens is 327 g/mol. The smallest absolute Gasteiger partial charge is 0.871 e. The molecule has 0 bridgehead atoms. The van der Waals surface area contributed by atoms with E-state index < -0.39 is 10.1 Å². The van der Waals surface area contributed by atoms with Crippen LogP contribution in [0.15, 0.2) is 57.6 Å². The Labute approximate surface area is 148 Å². The second-order valence-corrected chi connectivity index (χ2v) is 5.61. The van der Waals surface area contributed by atoms with Crippen LogP contribution in [0, 0.1) is 0 Å². The van der Waals surface area contributed by atoms with Gasteiger partial charge in [-0.05, 0) is 36.4 Å². The average molecular weight is 335 g/mol. The van der Waals surface area contributed by atoms with Crippen LogP contribution >= 0.6 is 11.6 Å². The molecule has 0 aromatic heterocycles. The topological polar surface area (TPSA) is 102 Å². The molecule has 0 spiro atoms. The van der Waals surface area contributed by atoms with Crippen molar-refractivity contribution >= 4 is 33.1 Å². The van der Waals surface area contributed by atoms with Crippen LogP contribution in [0.25, 0.3) is 0 Å². The third-order valence-electron chi connectivity index (χ3n) is 2.33. The van der Waals surface area contributed by atoms with Crippen LogP contribution in [0.4, 0.5) is 11.4 Å². The minimum Gasteiger partial charge on any atom is -0.871 e. The van der Waals surface area contributed by atoms with Gasteiger partial charge >= 0.3 is 29.6 Å². The van der Waals surface area contributed by atoms with Gasteiger partial charge in [0.05, 0.1) is 16.3 Å². The molecule has 0 atom stereocenters. The van der Waals surface area contributed by atoms with Gasteiger partial charge in [-0.25, -0.2) is 0 Å². The Kier molecular flexibility index (Phi) is 6.33. The van der Waals surface area contributed by atoms with Gasteiger partial charge < -0.3 is 5.11 Å². The van der Waals surface area contributed by atoms with Gasteiger partial charge in [-0.2, -0.15) is 18.6 Å². The standard InChI is InChI=1S/C12H9ClN2O4S.Na/c13-11-7-9(3-6-12(11)16)15-14-8-1-4-10(5-2-8)20(17,18)19;/h1-7,16H,(H,17,18,19);/q;+1/p-1. The van der Waals surface area contributed by atoms with E-state index in [2.05, 4.69) is 10.2 Å². The Bertz CT molecular complexity index is 763. The molecule has 9 heteroatoms. The number of nitrogens with zero attached hydrogens (tertiary/aromatic N) is 2. The van der Waals surface area contributed by atoms with E-state index in [1.54, 1.807) is 0 Å². The van der Waals surface area contributed by atoms with Crippen molar-refractivity contribution < 1.29 is 47.6 Å². The van der Waals surface area contributed by atoms with E-state index >= 15 is 0 Å². The van der Waals surface area contributed by atoms with Gasteiger partial charge in [0.1, 0.15) is 0 Å². The van der Waals surface area contributed by atoms with Gasteiger partial charge in [0, 0.05) is 5.02 Å². The summed E-state index contributed by atoms with van der Waals surface area (Å²) in [4.78, 5) is -0.227. The predicted molar refractivity (Wildman–Crippen MR) is 71.3 cm³/mol. The molecule has 0 heterocycles. The van der Waals surface area contributed by atoms with Crippen LogP contribution in [-0.2, 0) is 10.1 Å². The van der Waals surface area contributed by atoms with Crippen molar-refractivity contribution in [3.8, 4) is 5.75 Å². The minimum atomic E-state index is -4.22. The molecule has 2 aromatic carbocycles. The first-order valence-corrected chi connectivity index (χ1v) is 7.14. The molecule has 0 saturated heterocycles. The fourth-order valence-corrected chi connectivity index (χ4v) is 2.01. The van der Waals surface area contributed by atoms with Crippen LogP contribution in [0.5, 0.6) is 5.75 Å². The number of hydrogen-bond acceptors (Lipinski definition) is 5. The summed E-state index contributed by atoms with van der Waals surface area (Å²) in [6.45, 7) is 0. The molecule has 104 valence electrons. The van der Waals surface area contributed by atoms with E-state index in [9.17, 15) is 13.5 Å². The number of azo groups is 1. The second-order valence-electron chi connectivity index (χ2n) is 3.78. The van der Waals surface area contributed by atoms with Gasteiger partial charge in [0.2, 0.25) is 0 Å². The van der Waals surface area contributed by atoms with Crippen molar-refractivity contribution in [3.63, 3.8) is 0 Å². The van der Waals surface area contributed by atoms with Crippen LogP contribution < -0.4 is 34.7 Å². The van der Waals surface area contributed by atoms with E-state index in [-0.39, 0.29) is 45.2 Å². The molecule has 21 heavy (non-hydrogen) atoms. The number of hydrogen-bond donors (Lipinski definition) is 1. The number of benzene rings is 2. The first-order chi connectivity index (χ1) is 9.36. The number of halogens is 1. The molecule has 6 nitrogen and oxygen atoms in total. The largest absolute Gasteiger partial charge is 1.00 e. The molecule has 0 fully saturated rings. The Hall–Kier alpha value is -0.960. The molecule has 0 radical (unpaired) electrons. The summed E-state index contributed by atoms with van der Waals surface area (Å²) in [5.74, 6) is -0.303. The zero-order valence-corrected chi connectivity index (χ0v) is 14.5. The van der Waals surface area contributed by atoms with Gasteiger partial charge in [-0.15, -0.1) is 0 Å². The van der Waals surface area contributed by atoms with Crippen molar-refractivity contribution in [1.29, 1.82) is 0 Å². The Morgan fingerprint density at radius 3 is 2.05 bits per heavy atom. The summed E-state index contributed by atoms with van der Waals surface area (Å²) in [7, 11) is -4.22. The van der Waals surface area contributed by atoms with Gasteiger partial charge in [0.25, 0.3) is 10.1 Å². The van der Waals surface area contributed by atoms with Crippen molar-refractivity contribution in [2.75, 3.05) is 0 Å². The molecule has 2 rings (SSSR count). The summed E-state index contributed by atoms with van der Waals surface area (Å²) in [5.41, 5.74) is 0.785. The first kappa shape index (κ1) is 18.1. The maximum absolute atomic E-state index is 11.1. The molecule has 0 unspecified atom stereocenters. The van der Waals surface area contributed by atoms with E-state index in [1.807, 2.05) is 0 Å². The van der Waals surface area contributed by atoms with Crippen molar-refractivity contribution in [2.24, 2.45) is 10.2 Å². The quantitative estimate of drug-likeness (QED) is 0.488. The fraction of sp³-hybridized carbons (Fsp3) is 0. The van der Waals surface area contributed by atoms with E-state index in [4.69, 9.17) is 16.2 Å². The van der Waals surface area contributed by atoms with Gasteiger partial charge in [-0.1, -0.05) is 23.4 Å². The van der Waals surface area contributed by atoms with Crippen LogP contribution in [-0.4, -0.2) is 13.0 Å². The van der Waals surface area contributed by atoms with E-state index in [0.717, 1.165) is 0 Å². The van der Waals surface area contributed by atoms with Gasteiger partial charge in [-0.3, -0.25) is 4.55 Å².